The van der Waals surface area contributed by atoms with Crippen molar-refractivity contribution < 1.29 is 19.1 Å². The highest BCUT2D eigenvalue weighted by atomic mass is 16.5. The Bertz CT molecular complexity index is 786. The van der Waals surface area contributed by atoms with Crippen molar-refractivity contribution in [2.75, 3.05) is 19.0 Å². The molecule has 0 aliphatic carbocycles. The van der Waals surface area contributed by atoms with Crippen molar-refractivity contribution in [3.8, 4) is 0 Å². The first kappa shape index (κ1) is 18.2. The van der Waals surface area contributed by atoms with Crippen LogP contribution < -0.4 is 10.6 Å². The van der Waals surface area contributed by atoms with Gasteiger partial charge in [0.15, 0.2) is 0 Å². The zero-order valence-corrected chi connectivity index (χ0v) is 14.2. The fourth-order valence-corrected chi connectivity index (χ4v) is 2.30. The number of aryl methyl sites for hydroxylation is 1. The maximum Gasteiger partial charge on any atom is 0.339 e. The molecule has 0 radical (unpaired) electrons. The number of benzene rings is 2. The summed E-state index contributed by atoms with van der Waals surface area (Å²) >= 11 is 0. The molecular weight excluding hydrogens is 320 g/mol. The summed E-state index contributed by atoms with van der Waals surface area (Å²) in [6, 6.07) is 14.1. The van der Waals surface area contributed by atoms with Crippen LogP contribution in [-0.4, -0.2) is 31.4 Å². The Kier molecular flexibility index (Phi) is 6.28. The lowest BCUT2D eigenvalue weighted by atomic mass is 10.1. The van der Waals surface area contributed by atoms with Gasteiger partial charge in [-0.05, 0) is 30.2 Å². The Morgan fingerprint density at radius 2 is 1.64 bits per heavy atom. The Hall–Kier alpha value is -3.15. The molecule has 2 rings (SSSR count). The molecule has 2 aromatic carbocycles. The van der Waals surface area contributed by atoms with Crippen molar-refractivity contribution in [3.05, 3.63) is 65.2 Å². The van der Waals surface area contributed by atoms with Crippen LogP contribution in [0.5, 0.6) is 0 Å². The topological polar surface area (TPSA) is 84.5 Å². The van der Waals surface area contributed by atoms with Gasteiger partial charge in [0.2, 0.25) is 11.8 Å². The van der Waals surface area contributed by atoms with E-state index in [0.29, 0.717) is 5.69 Å². The van der Waals surface area contributed by atoms with Crippen LogP contribution in [0.1, 0.15) is 21.5 Å². The van der Waals surface area contributed by atoms with Crippen LogP contribution in [0.15, 0.2) is 48.5 Å². The van der Waals surface area contributed by atoms with E-state index in [1.165, 1.54) is 7.11 Å². The van der Waals surface area contributed by atoms with Crippen molar-refractivity contribution in [2.45, 2.75) is 13.3 Å². The molecule has 0 heterocycles. The minimum atomic E-state index is -0.542. The van der Waals surface area contributed by atoms with Gasteiger partial charge in [0.1, 0.15) is 0 Å². The summed E-state index contributed by atoms with van der Waals surface area (Å²) in [5.74, 6) is -1.21. The second-order valence-corrected chi connectivity index (χ2v) is 5.47. The molecule has 6 heteroatoms. The third-order valence-corrected chi connectivity index (χ3v) is 3.66. The van der Waals surface area contributed by atoms with Crippen LogP contribution in [0.3, 0.4) is 0 Å². The summed E-state index contributed by atoms with van der Waals surface area (Å²) in [6.45, 7) is 1.75. The van der Waals surface area contributed by atoms with E-state index in [9.17, 15) is 14.4 Å². The Balaban J connectivity index is 1.90. The Labute approximate surface area is 146 Å². The average Bonchev–Trinajstić information content (AvgIpc) is 2.62. The normalized spacial score (nSPS) is 10.0. The van der Waals surface area contributed by atoms with E-state index in [-0.39, 0.29) is 24.4 Å². The number of anilines is 1. The van der Waals surface area contributed by atoms with E-state index in [4.69, 9.17) is 0 Å². The molecule has 6 nitrogen and oxygen atoms in total. The number of para-hydroxylation sites is 1. The molecule has 0 aliphatic heterocycles. The van der Waals surface area contributed by atoms with Gasteiger partial charge >= 0.3 is 5.97 Å². The number of esters is 1. The van der Waals surface area contributed by atoms with Gasteiger partial charge in [-0.25, -0.2) is 4.79 Å². The second-order valence-electron chi connectivity index (χ2n) is 5.47. The van der Waals surface area contributed by atoms with Crippen LogP contribution in [0.25, 0.3) is 0 Å². The maximum absolute atomic E-state index is 12.0. The predicted molar refractivity (Wildman–Crippen MR) is 94.3 cm³/mol. The lowest BCUT2D eigenvalue weighted by Gasteiger charge is -2.10. The fourth-order valence-electron chi connectivity index (χ4n) is 2.30. The van der Waals surface area contributed by atoms with Gasteiger partial charge in [-0.15, -0.1) is 0 Å². The average molecular weight is 340 g/mol. The fraction of sp³-hybridized carbons (Fsp3) is 0.211. The molecule has 0 aliphatic rings. The molecule has 0 spiro atoms. The minimum Gasteiger partial charge on any atom is -0.465 e. The molecule has 0 aromatic heterocycles. The van der Waals surface area contributed by atoms with E-state index < -0.39 is 11.9 Å². The van der Waals surface area contributed by atoms with Gasteiger partial charge in [-0.3, -0.25) is 9.59 Å². The van der Waals surface area contributed by atoms with E-state index in [1.807, 2.05) is 31.2 Å². The van der Waals surface area contributed by atoms with Crippen molar-refractivity contribution >= 4 is 23.5 Å². The van der Waals surface area contributed by atoms with Crippen LogP contribution in [0, 0.1) is 6.92 Å². The summed E-state index contributed by atoms with van der Waals surface area (Å²) in [4.78, 5) is 35.7. The van der Waals surface area contributed by atoms with Gasteiger partial charge in [0.25, 0.3) is 0 Å². The molecule has 2 amide bonds. The van der Waals surface area contributed by atoms with Crippen LogP contribution in [-0.2, 0) is 20.7 Å². The molecule has 0 saturated heterocycles. The lowest BCUT2D eigenvalue weighted by Crippen LogP contribution is -2.34. The third-order valence-electron chi connectivity index (χ3n) is 3.66. The largest absolute Gasteiger partial charge is 0.465 e. The summed E-state index contributed by atoms with van der Waals surface area (Å²) in [5, 5.41) is 5.18. The number of hydrogen-bond donors (Lipinski definition) is 2. The number of ether oxygens (including phenoxy) is 1. The van der Waals surface area contributed by atoms with Gasteiger partial charge in [0.05, 0.1) is 31.3 Å². The summed E-state index contributed by atoms with van der Waals surface area (Å²) < 4.78 is 4.67. The second kappa shape index (κ2) is 8.63. The van der Waals surface area contributed by atoms with E-state index >= 15 is 0 Å². The van der Waals surface area contributed by atoms with Crippen molar-refractivity contribution in [2.24, 2.45) is 0 Å². The molecule has 130 valence electrons. The quantitative estimate of drug-likeness (QED) is 0.789. The highest BCUT2D eigenvalue weighted by Crippen LogP contribution is 2.15. The van der Waals surface area contributed by atoms with Crippen molar-refractivity contribution in [1.82, 2.24) is 5.32 Å². The van der Waals surface area contributed by atoms with Gasteiger partial charge in [-0.2, -0.15) is 0 Å². The maximum atomic E-state index is 12.0. The highest BCUT2D eigenvalue weighted by molar-refractivity contribution is 6.02. The molecule has 0 fully saturated rings. The van der Waals surface area contributed by atoms with Crippen LogP contribution in [0.4, 0.5) is 5.69 Å². The zero-order valence-electron chi connectivity index (χ0n) is 14.2. The summed E-state index contributed by atoms with van der Waals surface area (Å²) in [7, 11) is 1.27. The standard InChI is InChI=1S/C19H20N2O4/c1-13-7-3-4-8-14(13)11-17(22)20-12-18(23)21-16-10-6-5-9-15(16)19(24)25-2/h3-10H,11-12H2,1-2H3,(H,20,22)(H,21,23). The Morgan fingerprint density at radius 3 is 2.36 bits per heavy atom. The van der Waals surface area contributed by atoms with E-state index in [0.717, 1.165) is 11.1 Å². The number of methoxy groups -OCH3 is 1. The van der Waals surface area contributed by atoms with Gasteiger partial charge in [0, 0.05) is 0 Å². The first-order valence-corrected chi connectivity index (χ1v) is 7.79. The summed E-state index contributed by atoms with van der Waals surface area (Å²) in [6.07, 6.45) is 0.207. The number of amides is 2. The van der Waals surface area contributed by atoms with Crippen LogP contribution in [0.2, 0.25) is 0 Å². The molecule has 0 atom stereocenters. The molecule has 2 aromatic rings. The highest BCUT2D eigenvalue weighted by Gasteiger charge is 2.14. The zero-order chi connectivity index (χ0) is 18.2. The summed E-state index contributed by atoms with van der Waals surface area (Å²) in [5.41, 5.74) is 2.53. The monoisotopic (exact) mass is 340 g/mol. The molecule has 0 saturated carbocycles. The number of rotatable bonds is 6. The Morgan fingerprint density at radius 1 is 0.960 bits per heavy atom. The molecular formula is C19H20N2O4. The first-order chi connectivity index (χ1) is 12.0. The van der Waals surface area contributed by atoms with Gasteiger partial charge < -0.3 is 15.4 Å². The SMILES string of the molecule is COC(=O)c1ccccc1NC(=O)CNC(=O)Cc1ccccc1C. The molecule has 0 bridgehead atoms. The molecule has 2 N–H and O–H groups in total. The van der Waals surface area contributed by atoms with Gasteiger partial charge in [-0.1, -0.05) is 36.4 Å². The first-order valence-electron chi connectivity index (χ1n) is 7.79. The minimum absolute atomic E-state index is 0.180. The smallest absolute Gasteiger partial charge is 0.339 e. The lowest BCUT2D eigenvalue weighted by molar-refractivity contribution is -0.123. The van der Waals surface area contributed by atoms with Crippen molar-refractivity contribution in [3.63, 3.8) is 0 Å². The predicted octanol–water partition coefficient (Wildman–Crippen LogP) is 2.08. The van der Waals surface area contributed by atoms with Crippen molar-refractivity contribution in [1.29, 1.82) is 0 Å². The number of carbonyl (C=O) groups excluding carboxylic acids is 3. The number of carbonyl (C=O) groups is 3. The third kappa shape index (κ3) is 5.17. The van der Waals surface area contributed by atoms with E-state index in [1.54, 1.807) is 24.3 Å². The molecule has 0 unspecified atom stereocenters. The van der Waals surface area contributed by atoms with Crippen LogP contribution >= 0.6 is 0 Å². The number of hydrogen-bond acceptors (Lipinski definition) is 4. The van der Waals surface area contributed by atoms with E-state index in [2.05, 4.69) is 15.4 Å². The number of nitrogens with one attached hydrogen (secondary N) is 2. The molecule has 25 heavy (non-hydrogen) atoms.